The SMILES string of the molecule is CC[C@@H](Oc1ccccc1)C(=O)NCCCc1ccc(F)cc1. The Hall–Kier alpha value is -2.36. The van der Waals surface area contributed by atoms with Gasteiger partial charge in [-0.1, -0.05) is 37.3 Å². The molecular formula is C19H22FNO2. The first-order valence-corrected chi connectivity index (χ1v) is 7.93. The highest BCUT2D eigenvalue weighted by atomic mass is 19.1. The Morgan fingerprint density at radius 3 is 2.48 bits per heavy atom. The zero-order valence-corrected chi connectivity index (χ0v) is 13.3. The second-order valence-electron chi connectivity index (χ2n) is 5.35. The highest BCUT2D eigenvalue weighted by Crippen LogP contribution is 2.12. The number of hydrogen-bond donors (Lipinski definition) is 1. The van der Waals surface area contributed by atoms with Crippen molar-refractivity contribution < 1.29 is 13.9 Å². The van der Waals surface area contributed by atoms with E-state index in [-0.39, 0.29) is 11.7 Å². The van der Waals surface area contributed by atoms with Gasteiger partial charge in [-0.05, 0) is 49.1 Å². The van der Waals surface area contributed by atoms with Crippen LogP contribution >= 0.6 is 0 Å². The van der Waals surface area contributed by atoms with E-state index < -0.39 is 6.10 Å². The Labute approximate surface area is 136 Å². The van der Waals surface area contributed by atoms with E-state index in [1.54, 1.807) is 12.1 Å². The van der Waals surface area contributed by atoms with Crippen molar-refractivity contribution in [1.82, 2.24) is 5.32 Å². The number of benzene rings is 2. The van der Waals surface area contributed by atoms with Crippen LogP contribution < -0.4 is 10.1 Å². The average Bonchev–Trinajstić information content (AvgIpc) is 2.59. The van der Waals surface area contributed by atoms with Gasteiger partial charge >= 0.3 is 0 Å². The number of carbonyl (C=O) groups excluding carboxylic acids is 1. The van der Waals surface area contributed by atoms with Crippen LogP contribution in [0.15, 0.2) is 54.6 Å². The first kappa shape index (κ1) is 17.0. The van der Waals surface area contributed by atoms with E-state index in [9.17, 15) is 9.18 Å². The van der Waals surface area contributed by atoms with E-state index in [0.717, 1.165) is 18.4 Å². The maximum Gasteiger partial charge on any atom is 0.261 e. The van der Waals surface area contributed by atoms with Gasteiger partial charge in [0.2, 0.25) is 0 Å². The summed E-state index contributed by atoms with van der Waals surface area (Å²) in [5, 5.41) is 2.90. The van der Waals surface area contributed by atoms with Crippen molar-refractivity contribution in [3.8, 4) is 5.75 Å². The largest absolute Gasteiger partial charge is 0.481 e. The highest BCUT2D eigenvalue weighted by Gasteiger charge is 2.17. The van der Waals surface area contributed by atoms with E-state index >= 15 is 0 Å². The summed E-state index contributed by atoms with van der Waals surface area (Å²) in [6.07, 6.45) is 1.73. The van der Waals surface area contributed by atoms with Crippen LogP contribution in [-0.4, -0.2) is 18.6 Å². The third kappa shape index (κ3) is 5.74. The van der Waals surface area contributed by atoms with Crippen molar-refractivity contribution >= 4 is 5.91 Å². The van der Waals surface area contributed by atoms with E-state index in [4.69, 9.17) is 4.74 Å². The zero-order valence-electron chi connectivity index (χ0n) is 13.3. The molecule has 0 unspecified atom stereocenters. The lowest BCUT2D eigenvalue weighted by Crippen LogP contribution is -2.38. The molecule has 2 aromatic rings. The zero-order chi connectivity index (χ0) is 16.5. The van der Waals surface area contributed by atoms with E-state index in [1.807, 2.05) is 37.3 Å². The summed E-state index contributed by atoms with van der Waals surface area (Å²) >= 11 is 0. The minimum atomic E-state index is -0.483. The predicted octanol–water partition coefficient (Wildman–Crippen LogP) is 3.73. The van der Waals surface area contributed by atoms with Crippen molar-refractivity contribution in [3.05, 3.63) is 66.0 Å². The maximum atomic E-state index is 12.8. The molecule has 0 fully saturated rings. The molecule has 1 N–H and O–H groups in total. The Kier molecular flexibility index (Phi) is 6.60. The fraction of sp³-hybridized carbons (Fsp3) is 0.316. The molecule has 1 amide bonds. The van der Waals surface area contributed by atoms with Gasteiger partial charge in [-0.15, -0.1) is 0 Å². The van der Waals surface area contributed by atoms with Gasteiger partial charge in [0.05, 0.1) is 0 Å². The van der Waals surface area contributed by atoms with E-state index in [2.05, 4.69) is 5.32 Å². The van der Waals surface area contributed by atoms with Gasteiger partial charge in [-0.3, -0.25) is 4.79 Å². The van der Waals surface area contributed by atoms with Gasteiger partial charge in [-0.25, -0.2) is 4.39 Å². The molecule has 0 radical (unpaired) electrons. The van der Waals surface area contributed by atoms with Crippen LogP contribution in [0.4, 0.5) is 4.39 Å². The Morgan fingerprint density at radius 2 is 1.83 bits per heavy atom. The lowest BCUT2D eigenvalue weighted by Gasteiger charge is -2.17. The second kappa shape index (κ2) is 8.93. The van der Waals surface area contributed by atoms with Crippen LogP contribution in [0.25, 0.3) is 0 Å². The first-order chi connectivity index (χ1) is 11.2. The molecule has 0 aliphatic rings. The molecule has 0 aliphatic heterocycles. The molecular weight excluding hydrogens is 293 g/mol. The lowest BCUT2D eigenvalue weighted by molar-refractivity contribution is -0.128. The van der Waals surface area contributed by atoms with Gasteiger partial charge in [0.15, 0.2) is 6.10 Å². The molecule has 3 nitrogen and oxygen atoms in total. The van der Waals surface area contributed by atoms with Crippen molar-refractivity contribution in [3.63, 3.8) is 0 Å². The molecule has 0 saturated heterocycles. The third-order valence-corrected chi connectivity index (χ3v) is 3.54. The van der Waals surface area contributed by atoms with Gasteiger partial charge < -0.3 is 10.1 Å². The normalized spacial score (nSPS) is 11.7. The fourth-order valence-electron chi connectivity index (χ4n) is 2.25. The van der Waals surface area contributed by atoms with Crippen LogP contribution in [-0.2, 0) is 11.2 Å². The first-order valence-electron chi connectivity index (χ1n) is 7.93. The molecule has 1 atom stereocenters. The number of rotatable bonds is 8. The molecule has 2 rings (SSSR count). The van der Waals surface area contributed by atoms with Crippen LogP contribution in [0.2, 0.25) is 0 Å². The van der Waals surface area contributed by atoms with E-state index in [1.165, 1.54) is 12.1 Å². The Morgan fingerprint density at radius 1 is 1.13 bits per heavy atom. The predicted molar refractivity (Wildman–Crippen MR) is 88.9 cm³/mol. The Bertz CT molecular complexity index is 599. The molecule has 0 heterocycles. The van der Waals surface area contributed by atoms with Crippen molar-refractivity contribution in [2.75, 3.05) is 6.54 Å². The van der Waals surface area contributed by atoms with Gasteiger partial charge in [0.25, 0.3) is 5.91 Å². The number of carbonyl (C=O) groups is 1. The molecule has 0 aliphatic carbocycles. The number of aryl methyl sites for hydroxylation is 1. The van der Waals surface area contributed by atoms with Gasteiger partial charge in [-0.2, -0.15) is 0 Å². The monoisotopic (exact) mass is 315 g/mol. The molecule has 0 bridgehead atoms. The van der Waals surface area contributed by atoms with Crippen molar-refractivity contribution in [2.45, 2.75) is 32.3 Å². The average molecular weight is 315 g/mol. The number of ether oxygens (including phenoxy) is 1. The minimum absolute atomic E-state index is 0.101. The summed E-state index contributed by atoms with van der Waals surface area (Å²) in [5.74, 6) is 0.363. The van der Waals surface area contributed by atoms with Gasteiger partial charge in [0, 0.05) is 6.54 Å². The summed E-state index contributed by atoms with van der Waals surface area (Å²) in [4.78, 5) is 12.1. The van der Waals surface area contributed by atoms with Crippen LogP contribution in [0, 0.1) is 5.82 Å². The topological polar surface area (TPSA) is 38.3 Å². The van der Waals surface area contributed by atoms with Gasteiger partial charge in [0.1, 0.15) is 11.6 Å². The molecule has 0 aromatic heterocycles. The summed E-state index contributed by atoms with van der Waals surface area (Å²) in [5.41, 5.74) is 1.06. The quantitative estimate of drug-likeness (QED) is 0.754. The highest BCUT2D eigenvalue weighted by molar-refractivity contribution is 5.81. The molecule has 122 valence electrons. The number of para-hydroxylation sites is 1. The fourth-order valence-corrected chi connectivity index (χ4v) is 2.25. The van der Waals surface area contributed by atoms with Crippen LogP contribution in [0.1, 0.15) is 25.3 Å². The Balaban J connectivity index is 1.73. The van der Waals surface area contributed by atoms with Crippen molar-refractivity contribution in [2.24, 2.45) is 0 Å². The smallest absolute Gasteiger partial charge is 0.261 e. The molecule has 0 spiro atoms. The summed E-state index contributed by atoms with van der Waals surface area (Å²) in [7, 11) is 0. The minimum Gasteiger partial charge on any atom is -0.481 e. The standard InChI is InChI=1S/C19H22FNO2/c1-2-18(23-17-8-4-3-5-9-17)19(22)21-14-6-7-15-10-12-16(20)13-11-15/h3-5,8-13,18H,2,6-7,14H2,1H3,(H,21,22)/t18-/m1/s1. The summed E-state index contributed by atoms with van der Waals surface area (Å²) in [6.45, 7) is 2.50. The van der Waals surface area contributed by atoms with Crippen LogP contribution in [0.3, 0.4) is 0 Å². The second-order valence-corrected chi connectivity index (χ2v) is 5.35. The van der Waals surface area contributed by atoms with Crippen molar-refractivity contribution in [1.29, 1.82) is 0 Å². The summed E-state index contributed by atoms with van der Waals surface area (Å²) in [6, 6.07) is 15.8. The number of halogens is 1. The number of amides is 1. The summed E-state index contributed by atoms with van der Waals surface area (Å²) < 4.78 is 18.5. The molecule has 4 heteroatoms. The third-order valence-electron chi connectivity index (χ3n) is 3.54. The molecule has 2 aromatic carbocycles. The van der Waals surface area contributed by atoms with E-state index in [0.29, 0.717) is 18.7 Å². The molecule has 0 saturated carbocycles. The lowest BCUT2D eigenvalue weighted by atomic mass is 10.1. The van der Waals surface area contributed by atoms with Crippen LogP contribution in [0.5, 0.6) is 5.75 Å². The maximum absolute atomic E-state index is 12.8. The number of hydrogen-bond acceptors (Lipinski definition) is 2. The number of nitrogens with one attached hydrogen (secondary N) is 1. The molecule has 23 heavy (non-hydrogen) atoms.